The van der Waals surface area contributed by atoms with Crippen LogP contribution in [0.25, 0.3) is 0 Å². The van der Waals surface area contributed by atoms with E-state index < -0.39 is 0 Å². The van der Waals surface area contributed by atoms with Gasteiger partial charge in [-0.2, -0.15) is 0 Å². The molecule has 2 N–H and O–H groups in total. The van der Waals surface area contributed by atoms with Crippen LogP contribution >= 0.6 is 24.0 Å². The van der Waals surface area contributed by atoms with Crippen molar-refractivity contribution in [2.24, 2.45) is 4.99 Å². The molecule has 6 heteroatoms. The first kappa shape index (κ1) is 22.0. The van der Waals surface area contributed by atoms with Gasteiger partial charge in [0.15, 0.2) is 5.96 Å². The molecule has 1 aromatic carbocycles. The van der Waals surface area contributed by atoms with E-state index in [0.29, 0.717) is 13.2 Å². The molecule has 0 saturated heterocycles. The van der Waals surface area contributed by atoms with Gasteiger partial charge in [0.2, 0.25) is 0 Å². The lowest BCUT2D eigenvalue weighted by atomic mass is 10.2. The highest BCUT2D eigenvalue weighted by atomic mass is 127. The van der Waals surface area contributed by atoms with E-state index in [0.717, 1.165) is 36.8 Å². The summed E-state index contributed by atoms with van der Waals surface area (Å²) < 4.78 is 5.68. The van der Waals surface area contributed by atoms with E-state index in [4.69, 9.17) is 4.74 Å². The smallest absolute Gasteiger partial charge is 0.191 e. The maximum atomic E-state index is 5.68. The van der Waals surface area contributed by atoms with Crippen molar-refractivity contribution < 1.29 is 4.74 Å². The van der Waals surface area contributed by atoms with Gasteiger partial charge in [0.1, 0.15) is 12.4 Å². The molecule has 0 aliphatic heterocycles. The molecule has 0 aliphatic rings. The number of rotatable bonds is 9. The minimum absolute atomic E-state index is 0. The van der Waals surface area contributed by atoms with Crippen LogP contribution in [0.15, 0.2) is 66.4 Å². The largest absolute Gasteiger partial charge is 0.489 e. The topological polar surface area (TPSA) is 58.5 Å². The molecule has 2 aromatic rings. The van der Waals surface area contributed by atoms with Gasteiger partial charge in [-0.25, -0.2) is 4.99 Å². The average Bonchev–Trinajstić information content (AvgIpc) is 2.66. The molecular weight excluding hydrogens is 439 g/mol. The summed E-state index contributed by atoms with van der Waals surface area (Å²) in [5.74, 6) is 1.64. The molecule has 0 unspecified atom stereocenters. The lowest BCUT2D eigenvalue weighted by Crippen LogP contribution is -2.38. The molecule has 26 heavy (non-hydrogen) atoms. The van der Waals surface area contributed by atoms with Gasteiger partial charge in [-0.3, -0.25) is 4.98 Å². The molecule has 0 saturated carbocycles. The number of nitrogens with one attached hydrogen (secondary N) is 2. The fraction of sp³-hybridized carbons (Fsp3) is 0.300. The Balaban J connectivity index is 0.00000338. The second-order valence-corrected chi connectivity index (χ2v) is 5.44. The van der Waals surface area contributed by atoms with Gasteiger partial charge in [-0.15, -0.1) is 24.0 Å². The number of hydrogen-bond acceptors (Lipinski definition) is 3. The van der Waals surface area contributed by atoms with Crippen LogP contribution in [-0.2, 0) is 13.0 Å². The van der Waals surface area contributed by atoms with Gasteiger partial charge in [-0.1, -0.05) is 36.9 Å². The summed E-state index contributed by atoms with van der Waals surface area (Å²) >= 11 is 0. The fourth-order valence-electron chi connectivity index (χ4n) is 2.30. The Morgan fingerprint density at radius 2 is 2.08 bits per heavy atom. The number of benzene rings is 1. The second-order valence-electron chi connectivity index (χ2n) is 5.44. The molecule has 1 aromatic heterocycles. The molecule has 0 radical (unpaired) electrons. The Bertz CT molecular complexity index is 677. The standard InChI is InChI=1S/C20H26N4O.HI/c1-3-14-25-19-10-6-5-9-18(19)16-24-20(22-4-2)23-13-11-17-8-7-12-21-15-17;/h3,5-10,12,15H,1,4,11,13-14,16H2,2H3,(H2,22,23,24);1H. The van der Waals surface area contributed by atoms with Gasteiger partial charge in [0.25, 0.3) is 0 Å². The fourth-order valence-corrected chi connectivity index (χ4v) is 2.30. The lowest BCUT2D eigenvalue weighted by Gasteiger charge is -2.12. The number of halogens is 1. The zero-order valence-electron chi connectivity index (χ0n) is 15.1. The van der Waals surface area contributed by atoms with Crippen molar-refractivity contribution in [3.05, 3.63) is 72.6 Å². The quantitative estimate of drug-likeness (QED) is 0.257. The number of para-hydroxylation sites is 1. The van der Waals surface area contributed by atoms with Gasteiger partial charge < -0.3 is 15.4 Å². The van der Waals surface area contributed by atoms with Crippen LogP contribution in [0, 0.1) is 0 Å². The summed E-state index contributed by atoms with van der Waals surface area (Å²) in [6.45, 7) is 8.39. The Morgan fingerprint density at radius 1 is 1.23 bits per heavy atom. The number of guanidine groups is 1. The molecule has 0 aliphatic carbocycles. The van der Waals surface area contributed by atoms with Crippen molar-refractivity contribution in [3.63, 3.8) is 0 Å². The van der Waals surface area contributed by atoms with E-state index in [-0.39, 0.29) is 24.0 Å². The zero-order chi connectivity index (χ0) is 17.7. The third kappa shape index (κ3) is 7.86. The zero-order valence-corrected chi connectivity index (χ0v) is 17.5. The van der Waals surface area contributed by atoms with Crippen molar-refractivity contribution in [3.8, 4) is 5.75 Å². The summed E-state index contributed by atoms with van der Waals surface area (Å²) in [7, 11) is 0. The Hall–Kier alpha value is -2.09. The van der Waals surface area contributed by atoms with Gasteiger partial charge in [-0.05, 0) is 31.0 Å². The molecule has 140 valence electrons. The molecule has 0 spiro atoms. The van der Waals surface area contributed by atoms with Crippen LogP contribution in [-0.4, -0.2) is 30.6 Å². The number of pyridine rings is 1. The van der Waals surface area contributed by atoms with Crippen LogP contribution in [0.5, 0.6) is 5.75 Å². The monoisotopic (exact) mass is 466 g/mol. The highest BCUT2D eigenvalue weighted by Gasteiger charge is 2.03. The molecule has 5 nitrogen and oxygen atoms in total. The van der Waals surface area contributed by atoms with Gasteiger partial charge in [0, 0.05) is 31.0 Å². The van der Waals surface area contributed by atoms with E-state index in [1.54, 1.807) is 12.3 Å². The highest BCUT2D eigenvalue weighted by molar-refractivity contribution is 14.0. The third-order valence-electron chi connectivity index (χ3n) is 3.51. The van der Waals surface area contributed by atoms with E-state index in [2.05, 4.69) is 40.2 Å². The van der Waals surface area contributed by atoms with Crippen molar-refractivity contribution >= 4 is 29.9 Å². The Kier molecular flexibility index (Phi) is 11.1. The van der Waals surface area contributed by atoms with Gasteiger partial charge in [0.05, 0.1) is 6.54 Å². The summed E-state index contributed by atoms with van der Waals surface area (Å²) in [5.41, 5.74) is 2.25. The predicted molar refractivity (Wildman–Crippen MR) is 118 cm³/mol. The summed E-state index contributed by atoms with van der Waals surface area (Å²) in [6, 6.07) is 12.0. The molecule has 0 bridgehead atoms. The molecule has 1 heterocycles. The molecule has 0 atom stereocenters. The highest BCUT2D eigenvalue weighted by Crippen LogP contribution is 2.18. The van der Waals surface area contributed by atoms with Crippen molar-refractivity contribution in [2.75, 3.05) is 19.7 Å². The van der Waals surface area contributed by atoms with Crippen molar-refractivity contribution in [1.29, 1.82) is 0 Å². The summed E-state index contributed by atoms with van der Waals surface area (Å²) in [6.07, 6.45) is 6.31. The number of aromatic nitrogens is 1. The first-order valence-electron chi connectivity index (χ1n) is 8.56. The number of aliphatic imine (C=N–C) groups is 1. The Morgan fingerprint density at radius 3 is 2.81 bits per heavy atom. The van der Waals surface area contributed by atoms with Crippen molar-refractivity contribution in [1.82, 2.24) is 15.6 Å². The van der Waals surface area contributed by atoms with Crippen LogP contribution in [0.2, 0.25) is 0 Å². The third-order valence-corrected chi connectivity index (χ3v) is 3.51. The maximum absolute atomic E-state index is 5.68. The van der Waals surface area contributed by atoms with E-state index in [1.165, 1.54) is 5.56 Å². The number of hydrogen-bond donors (Lipinski definition) is 2. The van der Waals surface area contributed by atoms with Gasteiger partial charge >= 0.3 is 0 Å². The summed E-state index contributed by atoms with van der Waals surface area (Å²) in [4.78, 5) is 8.79. The van der Waals surface area contributed by atoms with Crippen molar-refractivity contribution in [2.45, 2.75) is 19.9 Å². The normalized spacial score (nSPS) is 10.6. The van der Waals surface area contributed by atoms with E-state index >= 15 is 0 Å². The lowest BCUT2D eigenvalue weighted by molar-refractivity contribution is 0.359. The number of ether oxygens (including phenoxy) is 1. The minimum Gasteiger partial charge on any atom is -0.489 e. The SMILES string of the molecule is C=CCOc1ccccc1CN=C(NCC)NCCc1cccnc1.I. The maximum Gasteiger partial charge on any atom is 0.191 e. The van der Waals surface area contributed by atoms with Crippen LogP contribution in [0.3, 0.4) is 0 Å². The van der Waals surface area contributed by atoms with Crippen LogP contribution < -0.4 is 15.4 Å². The predicted octanol–water partition coefficient (Wildman–Crippen LogP) is 3.56. The summed E-state index contributed by atoms with van der Waals surface area (Å²) in [5, 5.41) is 6.62. The first-order valence-corrected chi connectivity index (χ1v) is 8.56. The molecule has 2 rings (SSSR count). The first-order chi connectivity index (χ1) is 12.3. The van der Waals surface area contributed by atoms with Crippen LogP contribution in [0.1, 0.15) is 18.1 Å². The minimum atomic E-state index is 0. The molecule has 0 amide bonds. The molecule has 0 fully saturated rings. The second kappa shape index (κ2) is 13.2. The van der Waals surface area contributed by atoms with E-state index in [9.17, 15) is 0 Å². The number of nitrogens with zero attached hydrogens (tertiary/aromatic N) is 2. The Labute approximate surface area is 173 Å². The van der Waals surface area contributed by atoms with E-state index in [1.807, 2.05) is 36.5 Å². The van der Waals surface area contributed by atoms with Crippen LogP contribution in [0.4, 0.5) is 0 Å². The average molecular weight is 466 g/mol. The molecular formula is C20H27IN4O.